The Morgan fingerprint density at radius 2 is 0.800 bits per heavy atom. The van der Waals surface area contributed by atoms with E-state index in [-0.39, 0.29) is 0 Å². The average molecular weight is 733 g/mol. The van der Waals surface area contributed by atoms with Crippen LogP contribution in [0.2, 0.25) is 0 Å². The van der Waals surface area contributed by atoms with Gasteiger partial charge in [0.1, 0.15) is 0 Å². The van der Waals surface area contributed by atoms with E-state index in [0.29, 0.717) is 0 Å². The first-order valence-corrected chi connectivity index (χ1v) is 23.7. The molecule has 3 heterocycles. The van der Waals surface area contributed by atoms with E-state index in [1.807, 2.05) is 34.0 Å². The van der Waals surface area contributed by atoms with E-state index in [2.05, 4.69) is 64.1 Å². The highest BCUT2D eigenvalue weighted by Gasteiger charge is 2.19. The molecular weight excluding hydrogens is 661 g/mol. The third-order valence-electron chi connectivity index (χ3n) is 10.8. The molecule has 0 spiro atoms. The minimum absolute atomic E-state index is 1.08. The van der Waals surface area contributed by atoms with Gasteiger partial charge in [-0.2, -0.15) is 0 Å². The van der Waals surface area contributed by atoms with Crippen LogP contribution in [0.15, 0.2) is 36.4 Å². The average Bonchev–Trinajstić information content (AvgIpc) is 3.92. The summed E-state index contributed by atoms with van der Waals surface area (Å²) in [5.74, 6) is 0. The van der Waals surface area contributed by atoms with Gasteiger partial charge in [0.15, 0.2) is 0 Å². The molecule has 1 aliphatic carbocycles. The number of unbranched alkanes of at least 4 members (excludes halogenated alkanes) is 22. The Morgan fingerprint density at radius 3 is 1.28 bits per heavy atom. The Kier molecular flexibility index (Phi) is 20.5. The molecule has 0 aromatic carbocycles. The third-order valence-corrected chi connectivity index (χ3v) is 14.4. The summed E-state index contributed by atoms with van der Waals surface area (Å²) in [6, 6.07) is 9.77. The van der Waals surface area contributed by atoms with Gasteiger partial charge in [-0.15, -0.1) is 34.0 Å². The lowest BCUT2D eigenvalue weighted by atomic mass is 10.0. The second kappa shape index (κ2) is 24.8. The van der Waals surface area contributed by atoms with E-state index in [0.717, 1.165) is 6.42 Å². The summed E-state index contributed by atoms with van der Waals surface area (Å²) in [7, 11) is 0. The molecule has 0 atom stereocenters. The van der Waals surface area contributed by atoms with Crippen molar-refractivity contribution in [2.24, 2.45) is 0 Å². The van der Waals surface area contributed by atoms with Crippen molar-refractivity contribution < 1.29 is 0 Å². The maximum atomic E-state index is 2.48. The van der Waals surface area contributed by atoms with E-state index >= 15 is 0 Å². The van der Waals surface area contributed by atoms with E-state index in [4.69, 9.17) is 0 Å². The molecule has 0 aliphatic heterocycles. The fourth-order valence-electron chi connectivity index (χ4n) is 7.78. The van der Waals surface area contributed by atoms with Crippen molar-refractivity contribution in [2.45, 2.75) is 201 Å². The molecule has 0 unspecified atom stereocenters. The van der Waals surface area contributed by atoms with Crippen LogP contribution in [0.3, 0.4) is 0 Å². The van der Waals surface area contributed by atoms with Crippen LogP contribution in [0.5, 0.6) is 0 Å². The topological polar surface area (TPSA) is 0 Å². The monoisotopic (exact) mass is 732 g/mol. The lowest BCUT2D eigenvalue weighted by Gasteiger charge is -2.07. The number of allylic oxidation sites excluding steroid dienone is 4. The first-order chi connectivity index (χ1) is 24.6. The molecule has 278 valence electrons. The maximum absolute atomic E-state index is 2.48. The van der Waals surface area contributed by atoms with Gasteiger partial charge < -0.3 is 0 Å². The van der Waals surface area contributed by atoms with E-state index in [9.17, 15) is 0 Å². The second-order valence-corrected chi connectivity index (χ2v) is 19.0. The molecule has 0 nitrogen and oxygen atoms in total. The molecule has 0 radical (unpaired) electrons. The highest BCUT2D eigenvalue weighted by Crippen LogP contribution is 2.44. The van der Waals surface area contributed by atoms with Crippen molar-refractivity contribution in [3.63, 3.8) is 0 Å². The lowest BCUT2D eigenvalue weighted by Crippen LogP contribution is -1.90. The summed E-state index contributed by atoms with van der Waals surface area (Å²) < 4.78 is 0. The van der Waals surface area contributed by atoms with Gasteiger partial charge in [0.05, 0.1) is 0 Å². The molecule has 3 aromatic heterocycles. The van der Waals surface area contributed by atoms with Crippen LogP contribution in [0.25, 0.3) is 20.9 Å². The summed E-state index contributed by atoms with van der Waals surface area (Å²) in [6.45, 7) is 9.21. The van der Waals surface area contributed by atoms with Gasteiger partial charge in [0, 0.05) is 35.7 Å². The molecule has 0 N–H and O–H groups in total. The van der Waals surface area contributed by atoms with Crippen molar-refractivity contribution in [3.8, 4) is 9.75 Å². The summed E-state index contributed by atoms with van der Waals surface area (Å²) in [5, 5.41) is 0. The molecule has 4 rings (SSSR count). The molecule has 3 aromatic rings. The molecule has 1 aliphatic rings. The first kappa shape index (κ1) is 41.3. The number of thiophene rings is 3. The Morgan fingerprint density at radius 1 is 0.420 bits per heavy atom. The van der Waals surface area contributed by atoms with Crippen molar-refractivity contribution in [1.82, 2.24) is 0 Å². The fourth-order valence-corrected chi connectivity index (χ4v) is 11.1. The zero-order valence-electron chi connectivity index (χ0n) is 32.8. The number of rotatable bonds is 29. The van der Waals surface area contributed by atoms with Gasteiger partial charge >= 0.3 is 0 Å². The quantitative estimate of drug-likeness (QED) is 0.0624. The lowest BCUT2D eigenvalue weighted by molar-refractivity contribution is 0.544. The fraction of sp³-hybridized carbons (Fsp3) is 0.660. The van der Waals surface area contributed by atoms with Crippen molar-refractivity contribution in [2.75, 3.05) is 0 Å². The molecule has 0 saturated carbocycles. The van der Waals surface area contributed by atoms with E-state index < -0.39 is 0 Å². The number of hydrogen-bond acceptors (Lipinski definition) is 3. The van der Waals surface area contributed by atoms with Crippen LogP contribution < -0.4 is 0 Å². The Labute approximate surface area is 321 Å². The SMILES string of the molecule is CCCCCCCCCCCCCCc1cc(C)sc1C1=CC=C(c2ccc(-c3sc(C)cc3CCCCCCCCCCCCCC)s2)C1. The van der Waals surface area contributed by atoms with Crippen molar-refractivity contribution >= 4 is 45.2 Å². The van der Waals surface area contributed by atoms with Gasteiger partial charge in [-0.25, -0.2) is 0 Å². The zero-order chi connectivity index (χ0) is 35.2. The Balaban J connectivity index is 1.15. The summed E-state index contributed by atoms with van der Waals surface area (Å²) in [5.41, 5.74) is 6.24. The van der Waals surface area contributed by atoms with Crippen molar-refractivity contribution in [1.29, 1.82) is 0 Å². The molecule has 50 heavy (non-hydrogen) atoms. The predicted molar refractivity (Wildman–Crippen MR) is 232 cm³/mol. The van der Waals surface area contributed by atoms with Gasteiger partial charge in [-0.1, -0.05) is 167 Å². The minimum Gasteiger partial charge on any atom is -0.141 e. The number of aryl methyl sites for hydroxylation is 4. The van der Waals surface area contributed by atoms with Crippen molar-refractivity contribution in [3.05, 3.63) is 67.1 Å². The summed E-state index contributed by atoms with van der Waals surface area (Å²) >= 11 is 6.05. The molecule has 3 heteroatoms. The highest BCUT2D eigenvalue weighted by molar-refractivity contribution is 7.22. The van der Waals surface area contributed by atoms with Crippen LogP contribution in [0.4, 0.5) is 0 Å². The van der Waals surface area contributed by atoms with Gasteiger partial charge in [-0.3, -0.25) is 0 Å². The van der Waals surface area contributed by atoms with Crippen LogP contribution in [0.1, 0.15) is 205 Å². The molecule has 0 amide bonds. The van der Waals surface area contributed by atoms with Gasteiger partial charge in [0.25, 0.3) is 0 Å². The normalized spacial score (nSPS) is 13.0. The van der Waals surface area contributed by atoms with Crippen LogP contribution in [-0.4, -0.2) is 0 Å². The zero-order valence-corrected chi connectivity index (χ0v) is 35.2. The van der Waals surface area contributed by atoms with Gasteiger partial charge in [0.2, 0.25) is 0 Å². The standard InChI is InChI=1S/C47H72S3/c1-5-7-9-11-13-15-17-19-21-23-25-27-29-41-35-38(3)48-46(41)43-32-31-40(37-43)44-33-34-45(50-44)47-42(36-39(4)49-47)30-28-26-24-22-20-18-16-14-12-10-8-6-2/h31-36H,5-30,37H2,1-4H3. The summed E-state index contributed by atoms with van der Waals surface area (Å²) in [4.78, 5) is 8.96. The first-order valence-electron chi connectivity index (χ1n) is 21.3. The molecule has 0 saturated heterocycles. The molecular formula is C47H72S3. The third kappa shape index (κ3) is 14.9. The predicted octanol–water partition coefficient (Wildman–Crippen LogP) is 17.5. The molecule has 0 fully saturated rings. The van der Waals surface area contributed by atoms with Crippen LogP contribution in [0, 0.1) is 13.8 Å². The smallest absolute Gasteiger partial charge is 0.0477 e. The second-order valence-electron chi connectivity index (χ2n) is 15.4. The Bertz CT molecular complexity index is 1390. The van der Waals surface area contributed by atoms with Crippen LogP contribution in [-0.2, 0) is 12.8 Å². The Hall–Kier alpha value is -1.42. The van der Waals surface area contributed by atoms with E-state index in [1.54, 1.807) is 21.6 Å². The maximum Gasteiger partial charge on any atom is 0.0477 e. The van der Waals surface area contributed by atoms with E-state index in [1.165, 1.54) is 197 Å². The minimum atomic E-state index is 1.08. The largest absolute Gasteiger partial charge is 0.141 e. The molecule has 0 bridgehead atoms. The summed E-state index contributed by atoms with van der Waals surface area (Å²) in [6.07, 6.45) is 42.4. The highest BCUT2D eigenvalue weighted by atomic mass is 32.1. The van der Waals surface area contributed by atoms with Gasteiger partial charge in [-0.05, 0) is 86.1 Å². The number of hydrogen-bond donors (Lipinski definition) is 0. The van der Waals surface area contributed by atoms with Crippen LogP contribution >= 0.6 is 34.0 Å².